The predicted molar refractivity (Wildman–Crippen MR) is 82.3 cm³/mol. The van der Waals surface area contributed by atoms with Crippen LogP contribution in [-0.2, 0) is 0 Å². The van der Waals surface area contributed by atoms with E-state index in [4.69, 9.17) is 5.26 Å². The van der Waals surface area contributed by atoms with Crippen molar-refractivity contribution in [1.82, 2.24) is 0 Å². The van der Waals surface area contributed by atoms with Gasteiger partial charge in [-0.2, -0.15) is 5.26 Å². The van der Waals surface area contributed by atoms with E-state index in [1.807, 2.05) is 19.1 Å². The lowest BCUT2D eigenvalue weighted by Crippen LogP contribution is -2.02. The highest BCUT2D eigenvalue weighted by atomic mass is 14.9. The fourth-order valence-corrected chi connectivity index (χ4v) is 2.16. The van der Waals surface area contributed by atoms with E-state index in [0.29, 0.717) is 0 Å². The Kier molecular flexibility index (Phi) is 7.03. The lowest BCUT2D eigenvalue weighted by atomic mass is 10.0. The van der Waals surface area contributed by atoms with Crippen LogP contribution in [0.1, 0.15) is 57.1 Å². The van der Waals surface area contributed by atoms with Gasteiger partial charge in [0.1, 0.15) is 0 Å². The summed E-state index contributed by atoms with van der Waals surface area (Å²) in [7, 11) is 0. The highest BCUT2D eigenvalue weighted by molar-refractivity contribution is 5.51. The van der Waals surface area contributed by atoms with Gasteiger partial charge in [-0.25, -0.2) is 0 Å². The number of unbranched alkanes of at least 4 members (excludes halogenated alkanes) is 3. The zero-order valence-electron chi connectivity index (χ0n) is 12.5. The molecular weight excluding hydrogens is 232 g/mol. The third-order valence-corrected chi connectivity index (χ3v) is 3.38. The summed E-state index contributed by atoms with van der Waals surface area (Å²) in [5.74, 6) is 0.833. The van der Waals surface area contributed by atoms with Crippen LogP contribution in [0.2, 0.25) is 0 Å². The molecule has 0 spiro atoms. The molecule has 0 fully saturated rings. The van der Waals surface area contributed by atoms with Gasteiger partial charge in [-0.1, -0.05) is 39.5 Å². The van der Waals surface area contributed by atoms with E-state index in [1.54, 1.807) is 0 Å². The maximum Gasteiger partial charge on any atom is 0.0994 e. The summed E-state index contributed by atoms with van der Waals surface area (Å²) >= 11 is 0. The minimum atomic E-state index is 0.763. The molecule has 0 saturated heterocycles. The van der Waals surface area contributed by atoms with E-state index in [-0.39, 0.29) is 0 Å². The van der Waals surface area contributed by atoms with E-state index in [0.717, 1.165) is 29.3 Å². The quantitative estimate of drug-likeness (QED) is 0.674. The van der Waals surface area contributed by atoms with Gasteiger partial charge in [0.05, 0.1) is 11.6 Å². The van der Waals surface area contributed by atoms with Crippen molar-refractivity contribution in [3.63, 3.8) is 0 Å². The van der Waals surface area contributed by atoms with E-state index >= 15 is 0 Å². The molecule has 1 rings (SSSR count). The van der Waals surface area contributed by atoms with Gasteiger partial charge >= 0.3 is 0 Å². The molecular formula is C17H26N2. The Morgan fingerprint density at radius 3 is 2.53 bits per heavy atom. The first kappa shape index (κ1) is 15.6. The zero-order valence-corrected chi connectivity index (χ0v) is 12.5. The minimum absolute atomic E-state index is 0.763. The monoisotopic (exact) mass is 258 g/mol. The van der Waals surface area contributed by atoms with Crippen LogP contribution >= 0.6 is 0 Å². The number of hydrogen-bond donors (Lipinski definition) is 1. The van der Waals surface area contributed by atoms with Gasteiger partial charge in [0.15, 0.2) is 0 Å². The Labute approximate surface area is 117 Å². The first-order valence-corrected chi connectivity index (χ1v) is 7.38. The molecule has 1 N–H and O–H groups in total. The molecule has 2 nitrogen and oxygen atoms in total. The Hall–Kier alpha value is -1.49. The predicted octanol–water partition coefficient (Wildman–Crippen LogP) is 4.89. The Balaban J connectivity index is 2.16. The van der Waals surface area contributed by atoms with Crippen LogP contribution in [0.25, 0.3) is 0 Å². The van der Waals surface area contributed by atoms with E-state index in [9.17, 15) is 0 Å². The van der Waals surface area contributed by atoms with Crippen LogP contribution in [-0.4, -0.2) is 6.54 Å². The summed E-state index contributed by atoms with van der Waals surface area (Å²) in [4.78, 5) is 0. The normalized spacial score (nSPS) is 10.5. The summed E-state index contributed by atoms with van der Waals surface area (Å²) in [6, 6.07) is 8.13. The standard InChI is InChI=1S/C17H26N2/c1-14(2)8-6-4-5-7-11-19-17-10-9-16(13-18)15(3)12-17/h9-10,12,14,19H,4-8,11H2,1-3H3. The molecule has 1 aromatic rings. The number of anilines is 1. The highest BCUT2D eigenvalue weighted by Gasteiger charge is 1.99. The van der Waals surface area contributed by atoms with Crippen molar-refractivity contribution in [2.75, 3.05) is 11.9 Å². The second-order valence-electron chi connectivity index (χ2n) is 5.67. The number of nitriles is 1. The fraction of sp³-hybridized carbons (Fsp3) is 0.588. The lowest BCUT2D eigenvalue weighted by molar-refractivity contribution is 0.523. The minimum Gasteiger partial charge on any atom is -0.385 e. The van der Waals surface area contributed by atoms with Gasteiger partial charge in [0.25, 0.3) is 0 Å². The van der Waals surface area contributed by atoms with Gasteiger partial charge in [-0.15, -0.1) is 0 Å². The largest absolute Gasteiger partial charge is 0.385 e. The summed E-state index contributed by atoms with van der Waals surface area (Å²) < 4.78 is 0. The van der Waals surface area contributed by atoms with Gasteiger partial charge in [-0.3, -0.25) is 0 Å². The molecule has 0 aliphatic carbocycles. The van der Waals surface area contributed by atoms with Gasteiger partial charge in [-0.05, 0) is 43.0 Å². The third-order valence-electron chi connectivity index (χ3n) is 3.38. The van der Waals surface area contributed by atoms with E-state index < -0.39 is 0 Å². The number of hydrogen-bond acceptors (Lipinski definition) is 2. The number of aryl methyl sites for hydroxylation is 1. The summed E-state index contributed by atoms with van der Waals surface area (Å²) in [6.07, 6.45) is 6.56. The van der Waals surface area contributed by atoms with Gasteiger partial charge in [0.2, 0.25) is 0 Å². The second-order valence-corrected chi connectivity index (χ2v) is 5.67. The molecule has 1 aromatic carbocycles. The number of rotatable bonds is 8. The van der Waals surface area contributed by atoms with Crippen LogP contribution in [0.4, 0.5) is 5.69 Å². The van der Waals surface area contributed by atoms with Crippen molar-refractivity contribution in [2.24, 2.45) is 5.92 Å². The molecule has 0 amide bonds. The van der Waals surface area contributed by atoms with Crippen molar-refractivity contribution >= 4 is 5.69 Å². The van der Waals surface area contributed by atoms with Crippen LogP contribution in [0.3, 0.4) is 0 Å². The second kappa shape index (κ2) is 8.58. The van der Waals surface area contributed by atoms with Crippen LogP contribution in [0.5, 0.6) is 0 Å². The van der Waals surface area contributed by atoms with Gasteiger partial charge in [0, 0.05) is 12.2 Å². The third kappa shape index (κ3) is 6.29. The molecule has 19 heavy (non-hydrogen) atoms. The van der Waals surface area contributed by atoms with Crippen LogP contribution < -0.4 is 5.32 Å². The van der Waals surface area contributed by atoms with Crippen LogP contribution in [0, 0.1) is 24.2 Å². The maximum atomic E-state index is 8.87. The molecule has 0 aliphatic rings. The number of benzene rings is 1. The molecule has 0 heterocycles. The lowest BCUT2D eigenvalue weighted by Gasteiger charge is -2.08. The Morgan fingerprint density at radius 1 is 1.16 bits per heavy atom. The number of nitrogens with one attached hydrogen (secondary N) is 1. The molecule has 0 aromatic heterocycles. The van der Waals surface area contributed by atoms with Crippen molar-refractivity contribution in [3.8, 4) is 6.07 Å². The van der Waals surface area contributed by atoms with Crippen molar-refractivity contribution in [1.29, 1.82) is 5.26 Å². The SMILES string of the molecule is Cc1cc(NCCCCCCC(C)C)ccc1C#N. The zero-order chi connectivity index (χ0) is 14.1. The molecule has 0 bridgehead atoms. The Morgan fingerprint density at radius 2 is 1.89 bits per heavy atom. The van der Waals surface area contributed by atoms with E-state index in [1.165, 1.54) is 32.1 Å². The highest BCUT2D eigenvalue weighted by Crippen LogP contribution is 2.15. The van der Waals surface area contributed by atoms with Crippen LogP contribution in [0.15, 0.2) is 18.2 Å². The average Bonchev–Trinajstić information content (AvgIpc) is 2.37. The smallest absolute Gasteiger partial charge is 0.0994 e. The van der Waals surface area contributed by atoms with Crippen molar-refractivity contribution in [3.05, 3.63) is 29.3 Å². The fourth-order valence-electron chi connectivity index (χ4n) is 2.16. The molecule has 2 heteroatoms. The van der Waals surface area contributed by atoms with Crippen molar-refractivity contribution in [2.45, 2.75) is 52.9 Å². The Bertz CT molecular complexity index is 416. The van der Waals surface area contributed by atoms with E-state index in [2.05, 4.69) is 31.3 Å². The first-order valence-electron chi connectivity index (χ1n) is 7.38. The number of nitrogens with zero attached hydrogens (tertiary/aromatic N) is 1. The summed E-state index contributed by atoms with van der Waals surface area (Å²) in [6.45, 7) is 7.58. The molecule has 0 aliphatic heterocycles. The molecule has 0 radical (unpaired) electrons. The summed E-state index contributed by atoms with van der Waals surface area (Å²) in [5.41, 5.74) is 2.93. The van der Waals surface area contributed by atoms with Gasteiger partial charge < -0.3 is 5.32 Å². The molecule has 104 valence electrons. The molecule has 0 atom stereocenters. The maximum absolute atomic E-state index is 8.87. The van der Waals surface area contributed by atoms with Crippen molar-refractivity contribution < 1.29 is 0 Å². The molecule has 0 unspecified atom stereocenters. The molecule has 0 saturated carbocycles. The summed E-state index contributed by atoms with van der Waals surface area (Å²) in [5, 5.41) is 12.3. The topological polar surface area (TPSA) is 35.8 Å². The first-order chi connectivity index (χ1) is 9.13. The average molecular weight is 258 g/mol.